The van der Waals surface area contributed by atoms with Gasteiger partial charge < -0.3 is 0 Å². The molecule has 3 nitrogen and oxygen atoms in total. The molecule has 0 unspecified atom stereocenters. The Hall–Kier alpha value is -1.31. The van der Waals surface area contributed by atoms with E-state index in [0.29, 0.717) is 5.69 Å². The molecule has 18 heavy (non-hydrogen) atoms. The molecule has 0 bridgehead atoms. The van der Waals surface area contributed by atoms with Crippen molar-refractivity contribution >= 4 is 22.9 Å². The number of hydrogen-bond donors (Lipinski definition) is 0. The van der Waals surface area contributed by atoms with Gasteiger partial charge in [-0.2, -0.15) is 23.7 Å². The SMILES string of the molecule is N#CC(C#N)(CCC(F)(F)F)Cc1csc(Cl)n1. The minimum Gasteiger partial charge on any atom is -0.230 e. The maximum absolute atomic E-state index is 12.1. The average molecular weight is 294 g/mol. The fourth-order valence-corrected chi connectivity index (χ4v) is 2.11. The first-order valence-electron chi connectivity index (χ1n) is 4.79. The molecular formula is C10H7ClF3N3S. The summed E-state index contributed by atoms with van der Waals surface area (Å²) in [6.07, 6.45) is -6.29. The van der Waals surface area contributed by atoms with Crippen molar-refractivity contribution in [3.63, 3.8) is 0 Å². The van der Waals surface area contributed by atoms with E-state index in [2.05, 4.69) is 4.98 Å². The zero-order chi connectivity index (χ0) is 13.8. The molecule has 0 aliphatic heterocycles. The van der Waals surface area contributed by atoms with Crippen LogP contribution in [0.15, 0.2) is 5.38 Å². The van der Waals surface area contributed by atoms with Gasteiger partial charge in [0.2, 0.25) is 0 Å². The van der Waals surface area contributed by atoms with E-state index in [1.54, 1.807) is 12.1 Å². The van der Waals surface area contributed by atoms with Crippen molar-refractivity contribution in [2.75, 3.05) is 0 Å². The Morgan fingerprint density at radius 1 is 1.28 bits per heavy atom. The number of nitrogens with zero attached hydrogens (tertiary/aromatic N) is 3. The van der Waals surface area contributed by atoms with Gasteiger partial charge in [-0.1, -0.05) is 11.6 Å². The van der Waals surface area contributed by atoms with Crippen molar-refractivity contribution < 1.29 is 13.2 Å². The zero-order valence-electron chi connectivity index (χ0n) is 8.96. The predicted octanol–water partition coefficient (Wildman–Crippen LogP) is 3.72. The molecule has 0 saturated carbocycles. The van der Waals surface area contributed by atoms with Gasteiger partial charge in [0.25, 0.3) is 0 Å². The fourth-order valence-electron chi connectivity index (χ4n) is 1.33. The summed E-state index contributed by atoms with van der Waals surface area (Å²) in [4.78, 5) is 3.84. The fraction of sp³-hybridized carbons (Fsp3) is 0.500. The van der Waals surface area contributed by atoms with Gasteiger partial charge in [-0.25, -0.2) is 4.98 Å². The van der Waals surface area contributed by atoms with E-state index in [1.807, 2.05) is 0 Å². The Kier molecular flexibility index (Phi) is 4.55. The van der Waals surface area contributed by atoms with Gasteiger partial charge in [-0.05, 0) is 6.42 Å². The second-order valence-corrected chi connectivity index (χ2v) is 5.13. The summed E-state index contributed by atoms with van der Waals surface area (Å²) in [7, 11) is 0. The van der Waals surface area contributed by atoms with Gasteiger partial charge in [-0.3, -0.25) is 0 Å². The maximum Gasteiger partial charge on any atom is 0.389 e. The molecule has 0 aliphatic rings. The minimum absolute atomic E-state index is 0.153. The molecule has 8 heteroatoms. The van der Waals surface area contributed by atoms with Crippen LogP contribution in [0.5, 0.6) is 0 Å². The zero-order valence-corrected chi connectivity index (χ0v) is 10.5. The van der Waals surface area contributed by atoms with Gasteiger partial charge in [0, 0.05) is 18.2 Å². The summed E-state index contributed by atoms with van der Waals surface area (Å²) in [5.74, 6) is 0. The third-order valence-electron chi connectivity index (χ3n) is 2.27. The third-order valence-corrected chi connectivity index (χ3v) is 3.30. The monoisotopic (exact) mass is 293 g/mol. The van der Waals surface area contributed by atoms with Crippen molar-refractivity contribution in [1.29, 1.82) is 10.5 Å². The number of alkyl halides is 3. The predicted molar refractivity (Wildman–Crippen MR) is 59.8 cm³/mol. The Morgan fingerprint density at radius 2 is 1.89 bits per heavy atom. The maximum atomic E-state index is 12.1. The van der Waals surface area contributed by atoms with Crippen molar-refractivity contribution in [3.8, 4) is 12.1 Å². The number of rotatable bonds is 4. The van der Waals surface area contributed by atoms with Crippen LogP contribution >= 0.6 is 22.9 Å². The molecule has 96 valence electrons. The molecular weight excluding hydrogens is 287 g/mol. The van der Waals surface area contributed by atoms with E-state index in [4.69, 9.17) is 22.1 Å². The largest absolute Gasteiger partial charge is 0.389 e. The van der Waals surface area contributed by atoms with Gasteiger partial charge in [0.05, 0.1) is 17.8 Å². The number of hydrogen-bond acceptors (Lipinski definition) is 4. The molecule has 1 rings (SSSR count). The van der Waals surface area contributed by atoms with Crippen LogP contribution in [0.25, 0.3) is 0 Å². The quantitative estimate of drug-likeness (QED) is 0.850. The topological polar surface area (TPSA) is 60.5 Å². The van der Waals surface area contributed by atoms with Crippen LogP contribution in [-0.4, -0.2) is 11.2 Å². The van der Waals surface area contributed by atoms with Crippen molar-refractivity contribution in [1.82, 2.24) is 4.98 Å². The lowest BCUT2D eigenvalue weighted by molar-refractivity contribution is -0.138. The number of aromatic nitrogens is 1. The van der Waals surface area contributed by atoms with Crippen molar-refractivity contribution in [2.24, 2.45) is 5.41 Å². The molecule has 0 aliphatic carbocycles. The summed E-state index contributed by atoms with van der Waals surface area (Å²) in [5.41, 5.74) is -1.36. The van der Waals surface area contributed by atoms with Crippen LogP contribution in [0.4, 0.5) is 13.2 Å². The van der Waals surface area contributed by atoms with E-state index in [0.717, 1.165) is 11.3 Å². The average Bonchev–Trinajstić information content (AvgIpc) is 2.69. The first-order chi connectivity index (χ1) is 8.30. The van der Waals surface area contributed by atoms with Crippen molar-refractivity contribution in [2.45, 2.75) is 25.4 Å². The van der Waals surface area contributed by atoms with Crippen LogP contribution in [0.1, 0.15) is 18.5 Å². The molecule has 0 fully saturated rings. The highest BCUT2D eigenvalue weighted by Crippen LogP contribution is 2.33. The highest BCUT2D eigenvalue weighted by molar-refractivity contribution is 7.13. The van der Waals surface area contributed by atoms with Crippen LogP contribution in [-0.2, 0) is 6.42 Å². The first-order valence-corrected chi connectivity index (χ1v) is 6.05. The van der Waals surface area contributed by atoms with Crippen LogP contribution in [0.3, 0.4) is 0 Å². The van der Waals surface area contributed by atoms with Crippen LogP contribution in [0.2, 0.25) is 4.47 Å². The molecule has 0 spiro atoms. The molecule has 0 radical (unpaired) electrons. The Labute approximate surface area is 110 Å². The minimum atomic E-state index is -4.39. The van der Waals surface area contributed by atoms with Crippen molar-refractivity contribution in [3.05, 3.63) is 15.5 Å². The summed E-state index contributed by atoms with van der Waals surface area (Å²) in [6, 6.07) is 3.31. The smallest absolute Gasteiger partial charge is 0.230 e. The highest BCUT2D eigenvalue weighted by atomic mass is 35.5. The Morgan fingerprint density at radius 3 is 2.28 bits per heavy atom. The molecule has 1 aromatic heterocycles. The number of thiazole rings is 1. The number of nitriles is 2. The van der Waals surface area contributed by atoms with E-state index < -0.39 is 24.4 Å². The summed E-state index contributed by atoms with van der Waals surface area (Å²) in [6.45, 7) is 0. The van der Waals surface area contributed by atoms with Gasteiger partial charge in [-0.15, -0.1) is 11.3 Å². The van der Waals surface area contributed by atoms with Gasteiger partial charge in [0.15, 0.2) is 4.47 Å². The Bertz CT molecular complexity index is 484. The molecule has 0 saturated heterocycles. The molecule has 0 N–H and O–H groups in total. The normalized spacial score (nSPS) is 11.9. The number of halogens is 4. The highest BCUT2D eigenvalue weighted by Gasteiger charge is 2.37. The van der Waals surface area contributed by atoms with E-state index in [1.165, 1.54) is 5.38 Å². The second kappa shape index (κ2) is 5.55. The molecule has 1 heterocycles. The molecule has 0 amide bonds. The van der Waals surface area contributed by atoms with Gasteiger partial charge >= 0.3 is 6.18 Å². The summed E-state index contributed by atoms with van der Waals surface area (Å²) >= 11 is 6.69. The van der Waals surface area contributed by atoms with E-state index in [-0.39, 0.29) is 10.9 Å². The first kappa shape index (κ1) is 14.7. The summed E-state index contributed by atoms with van der Waals surface area (Å²) < 4.78 is 36.7. The third kappa shape index (κ3) is 4.17. The summed E-state index contributed by atoms with van der Waals surface area (Å²) in [5, 5.41) is 19.4. The lowest BCUT2D eigenvalue weighted by Gasteiger charge is -2.18. The lowest BCUT2D eigenvalue weighted by Crippen LogP contribution is -2.23. The Balaban J connectivity index is 2.82. The lowest BCUT2D eigenvalue weighted by atomic mass is 9.82. The molecule has 1 aromatic rings. The second-order valence-electron chi connectivity index (χ2n) is 3.69. The van der Waals surface area contributed by atoms with Gasteiger partial charge in [0.1, 0.15) is 5.41 Å². The molecule has 0 aromatic carbocycles. The van der Waals surface area contributed by atoms with Crippen LogP contribution < -0.4 is 0 Å². The van der Waals surface area contributed by atoms with Crippen LogP contribution in [0, 0.1) is 28.1 Å². The van der Waals surface area contributed by atoms with E-state index >= 15 is 0 Å². The van der Waals surface area contributed by atoms with E-state index in [9.17, 15) is 13.2 Å². The molecule has 0 atom stereocenters. The standard InChI is InChI=1S/C10H7ClF3N3S/c11-8-17-7(4-18-8)3-9(5-15,6-16)1-2-10(12,13)14/h4H,1-3H2.